The molecule has 0 spiro atoms. The number of benzene rings is 1. The molecule has 0 fully saturated rings. The minimum absolute atomic E-state index is 0.235. The van der Waals surface area contributed by atoms with Crippen LogP contribution in [0, 0.1) is 5.82 Å². The first-order valence-electron chi connectivity index (χ1n) is 6.53. The van der Waals surface area contributed by atoms with Gasteiger partial charge in [0.2, 0.25) is 0 Å². The molecular weight excluding hydrogens is 267 g/mol. The minimum atomic E-state index is -0.235. The number of rotatable bonds is 2. The highest BCUT2D eigenvalue weighted by molar-refractivity contribution is 5.85. The Morgan fingerprint density at radius 3 is 2.81 bits per heavy atom. The van der Waals surface area contributed by atoms with Crippen molar-refractivity contribution >= 4 is 10.9 Å². The fourth-order valence-corrected chi connectivity index (χ4v) is 2.35. The van der Waals surface area contributed by atoms with Gasteiger partial charge in [-0.05, 0) is 36.4 Å². The zero-order valence-electron chi connectivity index (χ0n) is 11.0. The number of aromatic amines is 1. The van der Waals surface area contributed by atoms with E-state index in [0.29, 0.717) is 0 Å². The van der Waals surface area contributed by atoms with Crippen LogP contribution in [0.25, 0.3) is 28.0 Å². The van der Waals surface area contributed by atoms with Crippen LogP contribution in [0.3, 0.4) is 0 Å². The third-order valence-corrected chi connectivity index (χ3v) is 3.41. The maximum absolute atomic E-state index is 13.2. The third kappa shape index (κ3) is 2.08. The summed E-state index contributed by atoms with van der Waals surface area (Å²) in [5, 5.41) is 0.851. The lowest BCUT2D eigenvalue weighted by molar-refractivity contribution is 0.630. The van der Waals surface area contributed by atoms with Crippen molar-refractivity contribution in [2.75, 3.05) is 0 Å². The first-order valence-corrected chi connectivity index (χ1v) is 6.53. The Labute approximate surface area is 119 Å². The Morgan fingerprint density at radius 2 is 2.05 bits per heavy atom. The van der Waals surface area contributed by atoms with E-state index in [-0.39, 0.29) is 5.82 Å². The van der Waals surface area contributed by atoms with Gasteiger partial charge in [0.05, 0.1) is 0 Å². The van der Waals surface area contributed by atoms with Gasteiger partial charge in [0.1, 0.15) is 18.0 Å². The predicted molar refractivity (Wildman–Crippen MR) is 78.6 cm³/mol. The molecule has 1 N–H and O–H groups in total. The number of imidazole rings is 1. The number of hydrogen-bond donors (Lipinski definition) is 1. The van der Waals surface area contributed by atoms with Crippen molar-refractivity contribution < 1.29 is 4.39 Å². The minimum Gasteiger partial charge on any atom is -0.354 e. The Morgan fingerprint density at radius 1 is 1.10 bits per heavy atom. The molecule has 1 aromatic carbocycles. The van der Waals surface area contributed by atoms with Crippen LogP contribution in [0.2, 0.25) is 0 Å². The van der Waals surface area contributed by atoms with Gasteiger partial charge in [-0.2, -0.15) is 0 Å². The van der Waals surface area contributed by atoms with Crippen LogP contribution in [0.4, 0.5) is 4.39 Å². The van der Waals surface area contributed by atoms with Crippen molar-refractivity contribution in [2.45, 2.75) is 0 Å². The Bertz CT molecular complexity index is 892. The summed E-state index contributed by atoms with van der Waals surface area (Å²) in [5.74, 6) is 0.569. The fraction of sp³-hybridized carbons (Fsp3) is 0. The largest absolute Gasteiger partial charge is 0.354 e. The van der Waals surface area contributed by atoms with Crippen molar-refractivity contribution in [1.82, 2.24) is 19.5 Å². The molecular formula is C16H11FN4. The molecule has 0 bridgehead atoms. The standard InChI is InChI=1S/C16H11FN4/c17-13-2-3-14-12(7-13)8-15(20-14)11-1-4-16(19-9-11)21-6-5-18-10-21/h1-10,20H. The van der Waals surface area contributed by atoms with E-state index in [1.807, 2.05) is 29.0 Å². The van der Waals surface area contributed by atoms with Gasteiger partial charge in [0.15, 0.2) is 0 Å². The smallest absolute Gasteiger partial charge is 0.137 e. The third-order valence-electron chi connectivity index (χ3n) is 3.41. The lowest BCUT2D eigenvalue weighted by Crippen LogP contribution is -1.93. The van der Waals surface area contributed by atoms with Gasteiger partial charge in [-0.25, -0.2) is 14.4 Å². The maximum atomic E-state index is 13.2. The van der Waals surface area contributed by atoms with E-state index < -0.39 is 0 Å². The maximum Gasteiger partial charge on any atom is 0.137 e. The van der Waals surface area contributed by atoms with Crippen molar-refractivity contribution in [2.24, 2.45) is 0 Å². The zero-order chi connectivity index (χ0) is 14.2. The average Bonchev–Trinajstić information content (AvgIpc) is 3.16. The summed E-state index contributed by atoms with van der Waals surface area (Å²) in [7, 11) is 0. The van der Waals surface area contributed by atoms with Gasteiger partial charge in [-0.3, -0.25) is 4.57 Å². The molecule has 5 heteroatoms. The highest BCUT2D eigenvalue weighted by Crippen LogP contribution is 2.24. The molecule has 4 aromatic rings. The number of hydrogen-bond acceptors (Lipinski definition) is 2. The number of pyridine rings is 1. The summed E-state index contributed by atoms with van der Waals surface area (Å²) in [6.07, 6.45) is 7.04. The second-order valence-corrected chi connectivity index (χ2v) is 4.79. The van der Waals surface area contributed by atoms with E-state index >= 15 is 0 Å². The predicted octanol–water partition coefficient (Wildman–Crippen LogP) is 3.55. The lowest BCUT2D eigenvalue weighted by Gasteiger charge is -2.02. The highest BCUT2D eigenvalue weighted by atomic mass is 19.1. The molecule has 3 heterocycles. The number of aromatic nitrogens is 4. The van der Waals surface area contributed by atoms with Crippen LogP contribution >= 0.6 is 0 Å². The topological polar surface area (TPSA) is 46.5 Å². The number of fused-ring (bicyclic) bond motifs is 1. The Balaban J connectivity index is 1.74. The molecule has 0 radical (unpaired) electrons. The van der Waals surface area contributed by atoms with E-state index in [0.717, 1.165) is 28.0 Å². The van der Waals surface area contributed by atoms with Gasteiger partial charge in [0.25, 0.3) is 0 Å². The molecule has 4 rings (SSSR count). The monoisotopic (exact) mass is 278 g/mol. The second kappa shape index (κ2) is 4.56. The molecule has 21 heavy (non-hydrogen) atoms. The molecule has 3 aromatic heterocycles. The molecule has 0 aliphatic heterocycles. The number of H-pyrrole nitrogens is 1. The first-order chi connectivity index (χ1) is 10.3. The highest BCUT2D eigenvalue weighted by Gasteiger charge is 2.05. The quantitative estimate of drug-likeness (QED) is 0.609. The summed E-state index contributed by atoms with van der Waals surface area (Å²) >= 11 is 0. The molecule has 102 valence electrons. The molecule has 0 aliphatic rings. The van der Waals surface area contributed by atoms with Crippen LogP contribution in [0.1, 0.15) is 0 Å². The number of halogens is 1. The second-order valence-electron chi connectivity index (χ2n) is 4.79. The normalized spacial score (nSPS) is 11.1. The van der Waals surface area contributed by atoms with Gasteiger partial charge < -0.3 is 4.98 Å². The molecule has 0 amide bonds. The van der Waals surface area contributed by atoms with E-state index in [9.17, 15) is 4.39 Å². The van der Waals surface area contributed by atoms with Gasteiger partial charge in [-0.1, -0.05) is 0 Å². The van der Waals surface area contributed by atoms with E-state index in [1.165, 1.54) is 12.1 Å². The summed E-state index contributed by atoms with van der Waals surface area (Å²) < 4.78 is 15.1. The molecule has 0 atom stereocenters. The van der Waals surface area contributed by atoms with Crippen molar-refractivity contribution in [3.8, 4) is 17.1 Å². The van der Waals surface area contributed by atoms with Crippen LogP contribution in [0.15, 0.2) is 61.3 Å². The SMILES string of the molecule is Fc1ccc2[nH]c(-c3ccc(-n4ccnc4)nc3)cc2c1. The number of nitrogens with zero attached hydrogens (tertiary/aromatic N) is 3. The van der Waals surface area contributed by atoms with Crippen LogP contribution < -0.4 is 0 Å². The molecule has 0 aliphatic carbocycles. The summed E-state index contributed by atoms with van der Waals surface area (Å²) in [6, 6.07) is 10.5. The summed E-state index contributed by atoms with van der Waals surface area (Å²) in [6.45, 7) is 0. The van der Waals surface area contributed by atoms with Crippen LogP contribution in [-0.2, 0) is 0 Å². The fourth-order valence-electron chi connectivity index (χ4n) is 2.35. The average molecular weight is 278 g/mol. The lowest BCUT2D eigenvalue weighted by atomic mass is 10.2. The molecule has 4 nitrogen and oxygen atoms in total. The van der Waals surface area contributed by atoms with Crippen molar-refractivity contribution in [1.29, 1.82) is 0 Å². The van der Waals surface area contributed by atoms with Crippen LogP contribution in [0.5, 0.6) is 0 Å². The first kappa shape index (κ1) is 11.8. The summed E-state index contributed by atoms with van der Waals surface area (Å²) in [4.78, 5) is 11.7. The Hall–Kier alpha value is -2.95. The van der Waals surface area contributed by atoms with Gasteiger partial charge >= 0.3 is 0 Å². The van der Waals surface area contributed by atoms with Gasteiger partial charge in [-0.15, -0.1) is 0 Å². The molecule has 0 saturated heterocycles. The van der Waals surface area contributed by atoms with Crippen molar-refractivity contribution in [3.05, 3.63) is 67.1 Å². The molecule has 0 saturated carbocycles. The van der Waals surface area contributed by atoms with E-state index in [1.54, 1.807) is 24.8 Å². The van der Waals surface area contributed by atoms with Gasteiger partial charge in [0, 0.05) is 40.8 Å². The van der Waals surface area contributed by atoms with E-state index in [2.05, 4.69) is 15.0 Å². The number of nitrogens with one attached hydrogen (secondary N) is 1. The van der Waals surface area contributed by atoms with Crippen molar-refractivity contribution in [3.63, 3.8) is 0 Å². The van der Waals surface area contributed by atoms with E-state index in [4.69, 9.17) is 0 Å². The summed E-state index contributed by atoms with van der Waals surface area (Å²) in [5.41, 5.74) is 2.78. The van der Waals surface area contributed by atoms with Crippen LogP contribution in [-0.4, -0.2) is 19.5 Å². The molecule has 0 unspecified atom stereocenters. The zero-order valence-corrected chi connectivity index (χ0v) is 11.0. The Kier molecular flexibility index (Phi) is 2.57.